The van der Waals surface area contributed by atoms with Crippen molar-refractivity contribution in [1.29, 1.82) is 0 Å². The Labute approximate surface area is 136 Å². The molecule has 0 nitrogen and oxygen atoms in total. The lowest BCUT2D eigenvalue weighted by Gasteiger charge is -1.96. The molecule has 16 heavy (non-hydrogen) atoms. The summed E-state index contributed by atoms with van der Waals surface area (Å²) in [4.78, 5) is 0. The molecule has 0 atom stereocenters. The summed E-state index contributed by atoms with van der Waals surface area (Å²) >= 11 is 22.1. The van der Waals surface area contributed by atoms with Crippen molar-refractivity contribution in [3.63, 3.8) is 0 Å². The van der Waals surface area contributed by atoms with Crippen LogP contribution in [0.3, 0.4) is 0 Å². The van der Waals surface area contributed by atoms with Crippen molar-refractivity contribution in [2.24, 2.45) is 0 Å². The summed E-state index contributed by atoms with van der Waals surface area (Å²) < 4.78 is 0. The van der Waals surface area contributed by atoms with Gasteiger partial charge in [-0.1, -0.05) is 0 Å². The normalized spacial score (nSPS) is 9.75. The molecular formula is C9H22S7. The van der Waals surface area contributed by atoms with Crippen LogP contribution in [0.1, 0.15) is 0 Å². The minimum atomic E-state index is 0.985. The molecule has 0 rings (SSSR count). The van der Waals surface area contributed by atoms with E-state index in [9.17, 15) is 0 Å². The third kappa shape index (κ3) is 25.3. The van der Waals surface area contributed by atoms with Crippen LogP contribution in [0.5, 0.6) is 0 Å². The maximum Gasteiger partial charge on any atom is 0.0392 e. The van der Waals surface area contributed by atoms with Gasteiger partial charge in [0.2, 0.25) is 0 Å². The molecule has 0 unspecified atom stereocenters. The molecule has 0 heterocycles. The van der Waals surface area contributed by atoms with E-state index in [2.05, 4.69) is 50.5 Å². The van der Waals surface area contributed by atoms with E-state index in [-0.39, 0.29) is 0 Å². The van der Waals surface area contributed by atoms with Crippen LogP contribution in [0.4, 0.5) is 0 Å². The van der Waals surface area contributed by atoms with E-state index in [0.29, 0.717) is 0 Å². The van der Waals surface area contributed by atoms with Crippen LogP contribution >= 0.6 is 85.8 Å². The van der Waals surface area contributed by atoms with Crippen LogP contribution in [0.15, 0.2) is 0 Å². The second-order valence-corrected chi connectivity index (χ2v) is 8.03. The third-order valence-electron chi connectivity index (χ3n) is 1.11. The summed E-state index contributed by atoms with van der Waals surface area (Å²) in [5.41, 5.74) is 0. The van der Waals surface area contributed by atoms with Crippen LogP contribution in [0, 0.1) is 0 Å². The first-order valence-electron chi connectivity index (χ1n) is 5.00. The van der Waals surface area contributed by atoms with Crippen molar-refractivity contribution in [2.75, 3.05) is 51.1 Å². The van der Waals surface area contributed by atoms with Crippen molar-refractivity contribution in [2.45, 2.75) is 0 Å². The molecule has 0 aromatic heterocycles. The molecule has 100 valence electrons. The minimum absolute atomic E-state index is 0.985. The van der Waals surface area contributed by atoms with Crippen LogP contribution in [0.2, 0.25) is 0 Å². The molecule has 0 spiro atoms. The molecule has 7 heteroatoms. The van der Waals surface area contributed by atoms with Crippen LogP contribution < -0.4 is 0 Å². The fourth-order valence-corrected chi connectivity index (χ4v) is 4.22. The van der Waals surface area contributed by atoms with Gasteiger partial charge in [0.15, 0.2) is 0 Å². The predicted octanol–water partition coefficient (Wildman–Crippen LogP) is 3.85. The number of thioether (sulfide) groups is 3. The molecule has 0 saturated heterocycles. The average molecular weight is 355 g/mol. The van der Waals surface area contributed by atoms with E-state index in [1.54, 1.807) is 0 Å². The third-order valence-corrected chi connectivity index (χ3v) is 6.52. The maximum atomic E-state index is 4.10. The van der Waals surface area contributed by atoms with Gasteiger partial charge in [0.1, 0.15) is 0 Å². The predicted molar refractivity (Wildman–Crippen MR) is 103 cm³/mol. The second-order valence-electron chi connectivity index (χ2n) is 2.44. The van der Waals surface area contributed by atoms with E-state index >= 15 is 0 Å². The van der Waals surface area contributed by atoms with Crippen molar-refractivity contribution in [1.82, 2.24) is 0 Å². The highest BCUT2D eigenvalue weighted by atomic mass is 32.2. The fraction of sp³-hybridized carbons (Fsp3) is 1.00. The number of hydrogen-bond acceptors (Lipinski definition) is 7. The lowest BCUT2D eigenvalue weighted by atomic mass is 10.9. The summed E-state index contributed by atoms with van der Waals surface area (Å²) in [5.74, 6) is 8.60. The highest BCUT2D eigenvalue weighted by molar-refractivity contribution is 8.16. The molecule has 0 aliphatic rings. The molecule has 0 aliphatic heterocycles. The second kappa shape index (κ2) is 22.6. The molecule has 0 N–H and O–H groups in total. The number of rotatable bonds is 10. The van der Waals surface area contributed by atoms with Crippen LogP contribution in [-0.2, 0) is 0 Å². The van der Waals surface area contributed by atoms with Gasteiger partial charge in [-0.2, -0.15) is 85.8 Å². The van der Waals surface area contributed by atoms with E-state index in [0.717, 1.165) is 34.5 Å². The van der Waals surface area contributed by atoms with Gasteiger partial charge in [-0.3, -0.25) is 0 Å². The smallest absolute Gasteiger partial charge is 0.0392 e. The average Bonchev–Trinajstić information content (AvgIpc) is 2.31. The molecule has 0 fully saturated rings. The standard InChI is InChI=1S/C5H12S4.C4H10S3/c6-1-3-8-5-9-4-2-7;5-1-3-7-4-2-6/h6-7H,1-5H2;5-6H,1-4H2. The van der Waals surface area contributed by atoms with Gasteiger partial charge in [-0.05, 0) is 23.0 Å². The Bertz CT molecular complexity index is 91.9. The topological polar surface area (TPSA) is 0 Å². The molecule has 0 aromatic carbocycles. The lowest BCUT2D eigenvalue weighted by molar-refractivity contribution is 1.50. The highest BCUT2D eigenvalue weighted by Crippen LogP contribution is 2.11. The Morgan fingerprint density at radius 1 is 0.500 bits per heavy atom. The molecule has 0 bridgehead atoms. The fourth-order valence-electron chi connectivity index (χ4n) is 0.537. The summed E-state index contributed by atoms with van der Waals surface area (Å²) in [6.07, 6.45) is 0. The molecular weight excluding hydrogens is 333 g/mol. The Hall–Kier alpha value is 2.45. The van der Waals surface area contributed by atoms with Crippen molar-refractivity contribution < 1.29 is 0 Å². The van der Waals surface area contributed by atoms with Crippen LogP contribution in [0.25, 0.3) is 0 Å². The Balaban J connectivity index is 0. The Morgan fingerprint density at radius 3 is 1.12 bits per heavy atom. The van der Waals surface area contributed by atoms with Crippen LogP contribution in [-0.4, -0.2) is 51.1 Å². The monoisotopic (exact) mass is 354 g/mol. The van der Waals surface area contributed by atoms with E-state index in [4.69, 9.17) is 0 Å². The van der Waals surface area contributed by atoms with E-state index in [1.165, 1.54) is 16.6 Å². The quantitative estimate of drug-likeness (QED) is 0.267. The minimum Gasteiger partial charge on any atom is -0.179 e. The molecule has 0 saturated carbocycles. The summed E-state index contributed by atoms with van der Waals surface area (Å²) in [5, 5.41) is 1.20. The van der Waals surface area contributed by atoms with Gasteiger partial charge in [0.05, 0.1) is 0 Å². The first-order chi connectivity index (χ1) is 7.83. The molecule has 0 amide bonds. The zero-order valence-corrected chi connectivity index (χ0v) is 15.4. The number of thiol groups is 4. The van der Waals surface area contributed by atoms with Gasteiger partial charge in [-0.15, -0.1) is 0 Å². The van der Waals surface area contributed by atoms with Gasteiger partial charge in [-0.25, -0.2) is 0 Å². The van der Waals surface area contributed by atoms with Gasteiger partial charge >= 0.3 is 0 Å². The molecule has 0 radical (unpaired) electrons. The summed E-state index contributed by atoms with van der Waals surface area (Å²) in [6.45, 7) is 0. The van der Waals surface area contributed by atoms with Crippen molar-refractivity contribution in [3.05, 3.63) is 0 Å². The van der Waals surface area contributed by atoms with Gasteiger partial charge in [0, 0.05) is 28.1 Å². The van der Waals surface area contributed by atoms with Gasteiger partial charge < -0.3 is 0 Å². The zero-order chi connectivity index (χ0) is 12.5. The lowest BCUT2D eigenvalue weighted by Crippen LogP contribution is -1.83. The van der Waals surface area contributed by atoms with Crippen molar-refractivity contribution >= 4 is 85.8 Å². The van der Waals surface area contributed by atoms with E-state index in [1.807, 2.05) is 35.3 Å². The Kier molecular flexibility index (Phi) is 29.3. The molecule has 0 aliphatic carbocycles. The summed E-state index contributed by atoms with van der Waals surface area (Å²) in [7, 11) is 0. The highest BCUT2D eigenvalue weighted by Gasteiger charge is 1.86. The zero-order valence-electron chi connectivity index (χ0n) is 9.38. The van der Waals surface area contributed by atoms with E-state index < -0.39 is 0 Å². The van der Waals surface area contributed by atoms with Gasteiger partial charge in [0.25, 0.3) is 0 Å². The summed E-state index contributed by atoms with van der Waals surface area (Å²) in [6, 6.07) is 0. The SMILES string of the molecule is SCCSCCS.SCCSCSCCS. The largest absolute Gasteiger partial charge is 0.179 e. The maximum absolute atomic E-state index is 4.10. The Morgan fingerprint density at radius 2 is 0.812 bits per heavy atom. The first-order valence-corrected chi connectivity index (χ1v) is 11.0. The molecule has 0 aromatic rings. The first kappa shape index (κ1) is 20.8. The van der Waals surface area contributed by atoms with Crippen molar-refractivity contribution in [3.8, 4) is 0 Å². The number of hydrogen-bond donors (Lipinski definition) is 4.